The van der Waals surface area contributed by atoms with Crippen LogP contribution in [0.5, 0.6) is 11.5 Å². The van der Waals surface area contributed by atoms with Crippen LogP contribution >= 0.6 is 0 Å². The highest BCUT2D eigenvalue weighted by atomic mass is 19.4. The number of piperidine rings is 1. The summed E-state index contributed by atoms with van der Waals surface area (Å²) in [5, 5.41) is 32.2. The first-order chi connectivity index (χ1) is 15.8. The molecule has 1 fully saturated rings. The van der Waals surface area contributed by atoms with E-state index < -0.39 is 17.9 Å². The number of hydrogen-bond donors (Lipinski definition) is 4. The maximum Gasteiger partial charge on any atom is 0.573 e. The molecule has 1 saturated heterocycles. The highest BCUT2D eigenvalue weighted by Gasteiger charge is 2.38. The predicted octanol–water partition coefficient (Wildman–Crippen LogP) is 4.86. The van der Waals surface area contributed by atoms with Crippen LogP contribution in [-0.4, -0.2) is 49.0 Å². The molecule has 4 rings (SSSR count). The molecule has 182 valence electrons. The van der Waals surface area contributed by atoms with Crippen molar-refractivity contribution >= 4 is 5.82 Å². The van der Waals surface area contributed by atoms with E-state index in [2.05, 4.69) is 63.5 Å². The van der Waals surface area contributed by atoms with E-state index in [1.165, 1.54) is 30.6 Å². The number of aromatic amines is 1. The molecule has 1 aliphatic rings. The molecule has 0 spiro atoms. The van der Waals surface area contributed by atoms with Gasteiger partial charge in [-0.05, 0) is 70.4 Å². The lowest BCUT2D eigenvalue weighted by atomic mass is 9.79. The van der Waals surface area contributed by atoms with Crippen molar-refractivity contribution in [2.75, 3.05) is 5.32 Å². The number of nitrogens with zero attached hydrogens (tertiary/aromatic N) is 3. The molecule has 34 heavy (non-hydrogen) atoms. The summed E-state index contributed by atoms with van der Waals surface area (Å²) in [6.45, 7) is 8.54. The second kappa shape index (κ2) is 8.46. The highest BCUT2D eigenvalue weighted by molar-refractivity contribution is 5.80. The zero-order chi connectivity index (χ0) is 24.7. The van der Waals surface area contributed by atoms with Crippen molar-refractivity contribution in [2.45, 2.75) is 64.0 Å². The number of phenolic OH excluding ortho intramolecular Hbond substituents is 1. The number of H-pyrrole nitrogens is 1. The van der Waals surface area contributed by atoms with Crippen molar-refractivity contribution in [3.05, 3.63) is 36.7 Å². The number of aromatic hydroxyl groups is 1. The molecular weight excluding hydrogens is 449 g/mol. The SMILES string of the molecule is CC1(C)CC(Nc2ccc(-c3c(O)cc(-c4cn[nH]c4)cc3OC(F)(F)F)nn2)CC(C)(C)N1. The van der Waals surface area contributed by atoms with Crippen LogP contribution in [-0.2, 0) is 0 Å². The molecule has 0 aliphatic carbocycles. The maximum atomic E-state index is 13.1. The minimum Gasteiger partial charge on any atom is -0.507 e. The number of alkyl halides is 3. The molecule has 0 bridgehead atoms. The van der Waals surface area contributed by atoms with E-state index in [0.717, 1.165) is 12.8 Å². The van der Waals surface area contributed by atoms with Gasteiger partial charge in [-0.3, -0.25) is 5.10 Å². The van der Waals surface area contributed by atoms with Crippen LogP contribution in [0, 0.1) is 0 Å². The van der Waals surface area contributed by atoms with E-state index in [4.69, 9.17) is 0 Å². The average Bonchev–Trinajstić information content (AvgIpc) is 3.20. The van der Waals surface area contributed by atoms with Crippen molar-refractivity contribution in [3.63, 3.8) is 0 Å². The Bertz CT molecular complexity index is 1130. The standard InChI is InChI=1S/C23H27F3N6O2/c1-21(2)9-15(10-22(3,4)32-21)29-19-6-5-16(30-31-19)20-17(33)7-13(14-11-27-28-12-14)8-18(20)34-23(24,25)26/h5-8,11-12,15,32-33H,9-10H2,1-4H3,(H,27,28)(H,29,31). The Morgan fingerprint density at radius 1 is 1.06 bits per heavy atom. The van der Waals surface area contributed by atoms with Gasteiger partial charge in [-0.25, -0.2) is 0 Å². The largest absolute Gasteiger partial charge is 0.573 e. The third kappa shape index (κ3) is 5.58. The molecule has 1 aromatic carbocycles. The second-order valence-corrected chi connectivity index (χ2v) is 9.85. The number of hydrogen-bond acceptors (Lipinski definition) is 7. The summed E-state index contributed by atoms with van der Waals surface area (Å²) in [5.74, 6) is -0.509. The Labute approximate surface area is 194 Å². The van der Waals surface area contributed by atoms with Crippen molar-refractivity contribution in [1.29, 1.82) is 0 Å². The summed E-state index contributed by atoms with van der Waals surface area (Å²) in [7, 11) is 0. The van der Waals surface area contributed by atoms with Crippen LogP contribution in [0.15, 0.2) is 36.7 Å². The molecule has 0 radical (unpaired) electrons. The normalized spacial score (nSPS) is 18.0. The summed E-state index contributed by atoms with van der Waals surface area (Å²) in [4.78, 5) is 0. The topological polar surface area (TPSA) is 108 Å². The number of nitrogens with one attached hydrogen (secondary N) is 3. The fourth-order valence-corrected chi connectivity index (χ4v) is 4.81. The van der Waals surface area contributed by atoms with Gasteiger partial charge in [0.15, 0.2) is 0 Å². The average molecular weight is 477 g/mol. The molecule has 0 atom stereocenters. The van der Waals surface area contributed by atoms with Gasteiger partial charge in [0.25, 0.3) is 0 Å². The van der Waals surface area contributed by atoms with Crippen molar-refractivity contribution in [2.24, 2.45) is 0 Å². The van der Waals surface area contributed by atoms with Crippen molar-refractivity contribution in [1.82, 2.24) is 25.7 Å². The predicted molar refractivity (Wildman–Crippen MR) is 121 cm³/mol. The zero-order valence-electron chi connectivity index (χ0n) is 19.3. The van der Waals surface area contributed by atoms with E-state index in [-0.39, 0.29) is 28.4 Å². The van der Waals surface area contributed by atoms with Gasteiger partial charge < -0.3 is 20.5 Å². The lowest BCUT2D eigenvalue weighted by Gasteiger charge is -2.46. The van der Waals surface area contributed by atoms with Crippen molar-refractivity contribution in [3.8, 4) is 33.9 Å². The highest BCUT2D eigenvalue weighted by Crippen LogP contribution is 2.42. The van der Waals surface area contributed by atoms with Crippen LogP contribution in [0.2, 0.25) is 0 Å². The first kappa shape index (κ1) is 23.8. The van der Waals surface area contributed by atoms with Gasteiger partial charge in [-0.2, -0.15) is 5.10 Å². The van der Waals surface area contributed by atoms with E-state index in [9.17, 15) is 18.3 Å². The molecule has 3 aromatic rings. The van der Waals surface area contributed by atoms with Crippen LogP contribution < -0.4 is 15.4 Å². The Balaban J connectivity index is 1.63. The van der Waals surface area contributed by atoms with E-state index in [0.29, 0.717) is 16.9 Å². The summed E-state index contributed by atoms with van der Waals surface area (Å²) in [6.07, 6.45) is -0.315. The van der Waals surface area contributed by atoms with Gasteiger partial charge >= 0.3 is 6.36 Å². The number of ether oxygens (including phenoxy) is 1. The molecule has 8 nitrogen and oxygen atoms in total. The molecule has 0 saturated carbocycles. The molecular formula is C23H27F3N6O2. The van der Waals surface area contributed by atoms with Gasteiger partial charge in [-0.1, -0.05) is 0 Å². The molecule has 1 aliphatic heterocycles. The summed E-state index contributed by atoms with van der Waals surface area (Å²) >= 11 is 0. The third-order valence-electron chi connectivity index (χ3n) is 5.60. The van der Waals surface area contributed by atoms with E-state index in [1.807, 2.05) is 0 Å². The zero-order valence-corrected chi connectivity index (χ0v) is 19.3. The van der Waals surface area contributed by atoms with Crippen LogP contribution in [0.25, 0.3) is 22.4 Å². The summed E-state index contributed by atoms with van der Waals surface area (Å²) in [6, 6.07) is 5.78. The fourth-order valence-electron chi connectivity index (χ4n) is 4.81. The van der Waals surface area contributed by atoms with Crippen molar-refractivity contribution < 1.29 is 23.0 Å². The molecule has 4 N–H and O–H groups in total. The van der Waals surface area contributed by atoms with Gasteiger partial charge in [0, 0.05) is 28.9 Å². The Morgan fingerprint density at radius 3 is 2.32 bits per heavy atom. The summed E-state index contributed by atoms with van der Waals surface area (Å²) < 4.78 is 43.6. The minimum absolute atomic E-state index is 0.0482. The monoisotopic (exact) mass is 476 g/mol. The lowest BCUT2D eigenvalue weighted by Crippen LogP contribution is -2.60. The van der Waals surface area contributed by atoms with Gasteiger partial charge in [0.2, 0.25) is 0 Å². The number of aromatic nitrogens is 4. The molecule has 3 heterocycles. The van der Waals surface area contributed by atoms with Crippen LogP contribution in [0.4, 0.5) is 19.0 Å². The number of benzene rings is 1. The Hall–Kier alpha value is -3.34. The third-order valence-corrected chi connectivity index (χ3v) is 5.60. The first-order valence-electron chi connectivity index (χ1n) is 10.8. The second-order valence-electron chi connectivity index (χ2n) is 9.85. The van der Waals surface area contributed by atoms with E-state index >= 15 is 0 Å². The number of rotatable bonds is 5. The molecule has 0 amide bonds. The molecule has 11 heteroatoms. The fraction of sp³-hybridized carbons (Fsp3) is 0.435. The van der Waals surface area contributed by atoms with Crippen LogP contribution in [0.1, 0.15) is 40.5 Å². The maximum absolute atomic E-state index is 13.1. The van der Waals surface area contributed by atoms with Gasteiger partial charge in [-0.15, -0.1) is 23.4 Å². The first-order valence-corrected chi connectivity index (χ1v) is 10.8. The van der Waals surface area contributed by atoms with Gasteiger partial charge in [0.1, 0.15) is 23.0 Å². The Kier molecular flexibility index (Phi) is 5.92. The quantitative estimate of drug-likeness (QED) is 0.417. The Morgan fingerprint density at radius 2 is 1.76 bits per heavy atom. The smallest absolute Gasteiger partial charge is 0.507 e. The van der Waals surface area contributed by atoms with Gasteiger partial charge in [0.05, 0.1) is 11.8 Å². The number of halogens is 3. The number of phenols is 1. The molecule has 2 aromatic heterocycles. The molecule has 0 unspecified atom stereocenters. The minimum atomic E-state index is -4.96. The van der Waals surface area contributed by atoms with E-state index in [1.54, 1.807) is 6.07 Å². The summed E-state index contributed by atoms with van der Waals surface area (Å²) in [5.41, 5.74) is 0.502. The lowest BCUT2D eigenvalue weighted by molar-refractivity contribution is -0.274. The van der Waals surface area contributed by atoms with Crippen LogP contribution in [0.3, 0.4) is 0 Å². The number of anilines is 1.